The maximum Gasteiger partial charge on any atom is 0.227 e. The van der Waals surface area contributed by atoms with Gasteiger partial charge in [-0.25, -0.2) is 4.98 Å². The van der Waals surface area contributed by atoms with Crippen molar-refractivity contribution in [1.29, 1.82) is 0 Å². The molecule has 2 rings (SSSR count). The number of aryl methyl sites for hydroxylation is 1. The molecule has 1 heterocycles. The van der Waals surface area contributed by atoms with Gasteiger partial charge in [-0.2, -0.15) is 4.98 Å². The Kier molecular flexibility index (Phi) is 6.19. The quantitative estimate of drug-likeness (QED) is 0.758. The van der Waals surface area contributed by atoms with Crippen LogP contribution < -0.4 is 10.2 Å². The number of anilines is 3. The second-order valence-electron chi connectivity index (χ2n) is 5.29. The zero-order chi connectivity index (χ0) is 15.9. The van der Waals surface area contributed by atoms with Gasteiger partial charge in [-0.1, -0.05) is 26.0 Å². The lowest BCUT2D eigenvalue weighted by Gasteiger charge is -2.22. The van der Waals surface area contributed by atoms with Gasteiger partial charge in [-0.15, -0.1) is 0 Å². The van der Waals surface area contributed by atoms with E-state index in [-0.39, 0.29) is 0 Å². The van der Waals surface area contributed by atoms with Crippen LogP contribution in [0.4, 0.5) is 17.5 Å². The number of halogens is 1. The molecule has 118 valence electrons. The summed E-state index contributed by atoms with van der Waals surface area (Å²) < 4.78 is 1.02. The summed E-state index contributed by atoms with van der Waals surface area (Å²) in [5.41, 5.74) is 1.97. The molecule has 0 unspecified atom stereocenters. The van der Waals surface area contributed by atoms with E-state index in [2.05, 4.69) is 45.0 Å². The molecule has 0 aliphatic heterocycles. The average Bonchev–Trinajstić information content (AvgIpc) is 2.49. The van der Waals surface area contributed by atoms with Crippen molar-refractivity contribution in [2.75, 3.05) is 23.3 Å². The minimum absolute atomic E-state index is 0.804. The van der Waals surface area contributed by atoms with Crippen LogP contribution in [0, 0.1) is 6.92 Å². The summed E-state index contributed by atoms with van der Waals surface area (Å²) in [5.74, 6) is 1.63. The van der Waals surface area contributed by atoms with Crippen molar-refractivity contribution < 1.29 is 0 Å². The third kappa shape index (κ3) is 4.44. The molecule has 0 aliphatic carbocycles. The number of nitrogens with one attached hydrogen (secondary N) is 1. The molecule has 0 atom stereocenters. The number of hydrogen-bond donors (Lipinski definition) is 1. The van der Waals surface area contributed by atoms with E-state index in [0.29, 0.717) is 0 Å². The molecule has 0 fully saturated rings. The first kappa shape index (κ1) is 16.7. The predicted octanol–water partition coefficient (Wildman–Crippen LogP) is 4.92. The fourth-order valence-corrected chi connectivity index (χ4v) is 2.69. The van der Waals surface area contributed by atoms with Crippen LogP contribution in [-0.2, 0) is 0 Å². The Morgan fingerprint density at radius 2 is 1.77 bits per heavy atom. The molecule has 0 bridgehead atoms. The van der Waals surface area contributed by atoms with E-state index in [4.69, 9.17) is 4.98 Å². The number of para-hydroxylation sites is 1. The van der Waals surface area contributed by atoms with Crippen molar-refractivity contribution in [1.82, 2.24) is 9.97 Å². The second kappa shape index (κ2) is 8.13. The van der Waals surface area contributed by atoms with Gasteiger partial charge in [0.15, 0.2) is 0 Å². The topological polar surface area (TPSA) is 41.1 Å². The minimum atomic E-state index is 0.804. The summed E-state index contributed by atoms with van der Waals surface area (Å²) >= 11 is 3.55. The number of aromatic nitrogens is 2. The molecule has 1 aromatic carbocycles. The first-order valence-electron chi connectivity index (χ1n) is 7.76. The Hall–Kier alpha value is -1.62. The normalized spacial score (nSPS) is 10.5. The third-order valence-electron chi connectivity index (χ3n) is 3.25. The predicted molar refractivity (Wildman–Crippen MR) is 97.0 cm³/mol. The molecule has 0 saturated carbocycles. The van der Waals surface area contributed by atoms with Gasteiger partial charge in [0.25, 0.3) is 0 Å². The highest BCUT2D eigenvalue weighted by Crippen LogP contribution is 2.25. The molecule has 1 N–H and O–H groups in total. The maximum absolute atomic E-state index is 4.69. The summed E-state index contributed by atoms with van der Waals surface area (Å²) in [5, 5.41) is 3.37. The highest BCUT2D eigenvalue weighted by Gasteiger charge is 2.10. The van der Waals surface area contributed by atoms with Crippen LogP contribution in [0.15, 0.2) is 34.8 Å². The number of hydrogen-bond acceptors (Lipinski definition) is 4. The van der Waals surface area contributed by atoms with Gasteiger partial charge in [0, 0.05) is 29.3 Å². The molecule has 0 aliphatic rings. The summed E-state index contributed by atoms with van der Waals surface area (Å²) in [6.07, 6.45) is 2.18. The fourth-order valence-electron chi connectivity index (χ4n) is 2.31. The molecule has 1 aromatic heterocycles. The van der Waals surface area contributed by atoms with Crippen molar-refractivity contribution in [2.24, 2.45) is 0 Å². The molecular formula is C17H23BrN4. The highest BCUT2D eigenvalue weighted by atomic mass is 79.9. The van der Waals surface area contributed by atoms with Crippen LogP contribution in [0.25, 0.3) is 0 Å². The largest absolute Gasteiger partial charge is 0.341 e. The summed E-state index contributed by atoms with van der Waals surface area (Å²) in [7, 11) is 0. The van der Waals surface area contributed by atoms with Crippen LogP contribution >= 0.6 is 15.9 Å². The first-order valence-corrected chi connectivity index (χ1v) is 8.55. The monoisotopic (exact) mass is 362 g/mol. The van der Waals surface area contributed by atoms with Gasteiger partial charge in [-0.3, -0.25) is 0 Å². The Morgan fingerprint density at radius 3 is 2.41 bits per heavy atom. The molecule has 0 amide bonds. The zero-order valence-electron chi connectivity index (χ0n) is 13.4. The van der Waals surface area contributed by atoms with Gasteiger partial charge in [0.2, 0.25) is 5.95 Å². The van der Waals surface area contributed by atoms with Crippen molar-refractivity contribution in [3.63, 3.8) is 0 Å². The first-order chi connectivity index (χ1) is 10.6. The average molecular weight is 363 g/mol. The number of rotatable bonds is 7. The molecule has 5 heteroatoms. The van der Waals surface area contributed by atoms with E-state index in [1.165, 1.54) is 0 Å². The molecule has 0 spiro atoms. The molecule has 0 saturated heterocycles. The number of benzene rings is 1. The Morgan fingerprint density at radius 1 is 1.09 bits per heavy atom. The lowest BCUT2D eigenvalue weighted by atomic mass is 10.3. The van der Waals surface area contributed by atoms with E-state index in [1.54, 1.807) is 0 Å². The number of nitrogens with zero attached hydrogens (tertiary/aromatic N) is 3. The molecule has 0 radical (unpaired) electrons. The van der Waals surface area contributed by atoms with Crippen molar-refractivity contribution in [3.8, 4) is 0 Å². The van der Waals surface area contributed by atoms with Crippen molar-refractivity contribution in [3.05, 3.63) is 40.5 Å². The molecule has 2 aromatic rings. The van der Waals surface area contributed by atoms with Gasteiger partial charge >= 0.3 is 0 Å². The third-order valence-corrected chi connectivity index (χ3v) is 3.94. The minimum Gasteiger partial charge on any atom is -0.341 e. The standard InChI is InChI=1S/C17H23BrN4/c1-4-10-22(11-5-2)17-19-13(3)12-16(21-17)20-15-9-7-6-8-14(15)18/h6-9,12H,4-5,10-11H2,1-3H3,(H,19,20,21). The van der Waals surface area contributed by atoms with Crippen LogP contribution in [0.3, 0.4) is 0 Å². The van der Waals surface area contributed by atoms with Gasteiger partial charge in [-0.05, 0) is 47.8 Å². The van der Waals surface area contributed by atoms with Crippen molar-refractivity contribution in [2.45, 2.75) is 33.6 Å². The fraction of sp³-hybridized carbons (Fsp3) is 0.412. The Balaban J connectivity index is 2.27. The lowest BCUT2D eigenvalue weighted by Crippen LogP contribution is -2.27. The SMILES string of the molecule is CCCN(CCC)c1nc(C)cc(Nc2ccccc2Br)n1. The van der Waals surface area contributed by atoms with Gasteiger partial charge in [0.1, 0.15) is 5.82 Å². The summed E-state index contributed by atoms with van der Waals surface area (Å²) in [4.78, 5) is 11.5. The van der Waals surface area contributed by atoms with Crippen LogP contribution in [0.2, 0.25) is 0 Å². The lowest BCUT2D eigenvalue weighted by molar-refractivity contribution is 0.720. The summed E-state index contributed by atoms with van der Waals surface area (Å²) in [6.45, 7) is 8.32. The zero-order valence-corrected chi connectivity index (χ0v) is 15.0. The van der Waals surface area contributed by atoms with Gasteiger partial charge < -0.3 is 10.2 Å². The van der Waals surface area contributed by atoms with Crippen LogP contribution in [-0.4, -0.2) is 23.1 Å². The van der Waals surface area contributed by atoms with Crippen molar-refractivity contribution >= 4 is 33.4 Å². The summed E-state index contributed by atoms with van der Waals surface area (Å²) in [6, 6.07) is 10.0. The van der Waals surface area contributed by atoms with Crippen LogP contribution in [0.5, 0.6) is 0 Å². The van der Waals surface area contributed by atoms with E-state index >= 15 is 0 Å². The van der Waals surface area contributed by atoms with E-state index in [9.17, 15) is 0 Å². The molecular weight excluding hydrogens is 340 g/mol. The molecule has 4 nitrogen and oxygen atoms in total. The van der Waals surface area contributed by atoms with E-state index in [1.807, 2.05) is 37.3 Å². The smallest absolute Gasteiger partial charge is 0.227 e. The Bertz CT molecular complexity index is 609. The van der Waals surface area contributed by atoms with Crippen LogP contribution in [0.1, 0.15) is 32.4 Å². The second-order valence-corrected chi connectivity index (χ2v) is 6.14. The van der Waals surface area contributed by atoms with E-state index in [0.717, 1.165) is 53.6 Å². The Labute approximate surface area is 141 Å². The van der Waals surface area contributed by atoms with E-state index < -0.39 is 0 Å². The van der Waals surface area contributed by atoms with Gasteiger partial charge in [0.05, 0.1) is 5.69 Å². The molecule has 22 heavy (non-hydrogen) atoms. The maximum atomic E-state index is 4.69. The highest BCUT2D eigenvalue weighted by molar-refractivity contribution is 9.10.